The van der Waals surface area contributed by atoms with Crippen LogP contribution in [0.3, 0.4) is 0 Å². The van der Waals surface area contributed by atoms with E-state index in [1.54, 1.807) is 14.0 Å². The zero-order valence-corrected chi connectivity index (χ0v) is 12.0. The van der Waals surface area contributed by atoms with Crippen molar-refractivity contribution in [3.05, 3.63) is 18.1 Å². The van der Waals surface area contributed by atoms with Gasteiger partial charge in [0.25, 0.3) is 5.78 Å². The van der Waals surface area contributed by atoms with E-state index in [0.717, 1.165) is 12.4 Å². The Hall–Kier alpha value is -1.94. The van der Waals surface area contributed by atoms with Crippen molar-refractivity contribution >= 4 is 11.6 Å². The largest absolute Gasteiger partial charge is 0.433 e. The van der Waals surface area contributed by atoms with Gasteiger partial charge < -0.3 is 15.1 Å². The van der Waals surface area contributed by atoms with Crippen LogP contribution in [0.5, 0.6) is 0 Å². The average molecular weight is 319 g/mol. The molecule has 0 amide bonds. The minimum absolute atomic E-state index is 0.114. The molecule has 10 heteroatoms. The second-order valence-corrected chi connectivity index (χ2v) is 5.45. The molecule has 2 aromatic rings. The predicted molar refractivity (Wildman–Crippen MR) is 71.3 cm³/mol. The zero-order valence-electron chi connectivity index (χ0n) is 12.0. The predicted octanol–water partition coefficient (Wildman–Crippen LogP) is 0.570. The summed E-state index contributed by atoms with van der Waals surface area (Å²) in [7, 11) is 1.54. The van der Waals surface area contributed by atoms with Gasteiger partial charge in [0.15, 0.2) is 5.69 Å². The fraction of sp³-hybridized carbons (Fsp3) is 0.583. The molecule has 0 atom stereocenters. The zero-order chi connectivity index (χ0) is 16.5. The Balaban J connectivity index is 2.47. The molecule has 0 bridgehead atoms. The molecule has 0 aliphatic rings. The highest BCUT2D eigenvalue weighted by Crippen LogP contribution is 2.31. The molecule has 2 rings (SSSR count). The molecule has 0 aliphatic heterocycles. The Labute approximate surface area is 124 Å². The van der Waals surface area contributed by atoms with Crippen LogP contribution in [-0.4, -0.2) is 56.6 Å². The summed E-state index contributed by atoms with van der Waals surface area (Å²) in [6.07, 6.45) is -3.50. The van der Waals surface area contributed by atoms with Gasteiger partial charge in [-0.25, -0.2) is 4.98 Å². The highest BCUT2D eigenvalue weighted by Gasteiger charge is 2.35. The molecule has 0 spiro atoms. The van der Waals surface area contributed by atoms with Gasteiger partial charge in [0.1, 0.15) is 12.1 Å². The molecule has 0 saturated carbocycles. The van der Waals surface area contributed by atoms with Gasteiger partial charge >= 0.3 is 6.18 Å². The smallest absolute Gasteiger partial charge is 0.396 e. The van der Waals surface area contributed by atoms with Gasteiger partial charge in [-0.15, -0.1) is 0 Å². The second-order valence-electron chi connectivity index (χ2n) is 5.45. The molecule has 0 unspecified atom stereocenters. The summed E-state index contributed by atoms with van der Waals surface area (Å²) in [6, 6.07) is 0.858. The summed E-state index contributed by atoms with van der Waals surface area (Å²) in [4.78, 5) is 8.58. The van der Waals surface area contributed by atoms with Crippen molar-refractivity contribution < 1.29 is 23.4 Å². The van der Waals surface area contributed by atoms with Crippen LogP contribution in [-0.2, 0) is 6.18 Å². The number of alkyl halides is 3. The maximum atomic E-state index is 12.9. The molecule has 2 aromatic heterocycles. The minimum Gasteiger partial charge on any atom is -0.396 e. The number of aliphatic hydroxyl groups is 2. The molecular weight excluding hydrogens is 303 g/mol. The van der Waals surface area contributed by atoms with Crippen molar-refractivity contribution in [3.8, 4) is 0 Å². The van der Waals surface area contributed by atoms with Crippen molar-refractivity contribution in [2.75, 3.05) is 31.7 Å². The van der Waals surface area contributed by atoms with Gasteiger partial charge in [-0.3, -0.25) is 0 Å². The second kappa shape index (κ2) is 5.69. The van der Waals surface area contributed by atoms with Gasteiger partial charge in [-0.05, 0) is 0 Å². The van der Waals surface area contributed by atoms with E-state index in [1.165, 1.54) is 9.42 Å². The molecule has 122 valence electrons. The molecule has 22 heavy (non-hydrogen) atoms. The molecule has 0 fully saturated rings. The summed E-state index contributed by atoms with van der Waals surface area (Å²) in [5.41, 5.74) is -1.95. The van der Waals surface area contributed by atoms with Crippen LogP contribution >= 0.6 is 0 Å². The third-order valence-electron chi connectivity index (χ3n) is 3.30. The Morgan fingerprint density at radius 2 is 1.91 bits per heavy atom. The molecule has 0 saturated heterocycles. The van der Waals surface area contributed by atoms with Gasteiger partial charge in [0, 0.05) is 25.1 Å². The summed E-state index contributed by atoms with van der Waals surface area (Å²) < 4.78 is 39.9. The van der Waals surface area contributed by atoms with Crippen molar-refractivity contribution in [1.29, 1.82) is 0 Å². The van der Waals surface area contributed by atoms with Crippen LogP contribution in [0.15, 0.2) is 12.4 Å². The number of aromatic nitrogens is 4. The van der Waals surface area contributed by atoms with E-state index in [2.05, 4.69) is 15.1 Å². The van der Waals surface area contributed by atoms with Crippen LogP contribution in [0.2, 0.25) is 0 Å². The Morgan fingerprint density at radius 1 is 1.27 bits per heavy atom. The maximum Gasteiger partial charge on any atom is 0.433 e. The van der Waals surface area contributed by atoms with E-state index in [9.17, 15) is 23.4 Å². The lowest BCUT2D eigenvalue weighted by atomic mass is 9.92. The Bertz CT molecular complexity index is 654. The van der Waals surface area contributed by atoms with Crippen LogP contribution in [0.4, 0.5) is 19.0 Å². The number of hydrogen-bond acceptors (Lipinski definition) is 6. The van der Waals surface area contributed by atoms with E-state index >= 15 is 0 Å². The van der Waals surface area contributed by atoms with Crippen molar-refractivity contribution in [2.45, 2.75) is 13.1 Å². The van der Waals surface area contributed by atoms with Gasteiger partial charge in [-0.2, -0.15) is 27.8 Å². The van der Waals surface area contributed by atoms with Gasteiger partial charge in [-0.1, -0.05) is 6.92 Å². The number of anilines is 1. The molecule has 2 heterocycles. The first-order valence-corrected chi connectivity index (χ1v) is 6.41. The van der Waals surface area contributed by atoms with Crippen molar-refractivity contribution in [1.82, 2.24) is 19.6 Å². The minimum atomic E-state index is -4.61. The van der Waals surface area contributed by atoms with E-state index in [4.69, 9.17) is 0 Å². The summed E-state index contributed by atoms with van der Waals surface area (Å²) in [5.74, 6) is -0.0608. The maximum absolute atomic E-state index is 12.9. The Morgan fingerprint density at radius 3 is 2.45 bits per heavy atom. The number of aliphatic hydroxyl groups excluding tert-OH is 2. The number of nitrogens with zero attached hydrogens (tertiary/aromatic N) is 5. The fourth-order valence-corrected chi connectivity index (χ4v) is 2.02. The van der Waals surface area contributed by atoms with Gasteiger partial charge in [0.2, 0.25) is 0 Å². The molecule has 7 nitrogen and oxygen atoms in total. The molecule has 0 aromatic carbocycles. The number of hydrogen-bond donors (Lipinski definition) is 2. The van der Waals surface area contributed by atoms with Crippen LogP contribution in [0.1, 0.15) is 12.6 Å². The van der Waals surface area contributed by atoms with Crippen LogP contribution in [0, 0.1) is 5.41 Å². The number of halogens is 3. The standard InChI is InChI=1S/C12H16F3N5O2/c1-11(5-21,6-22)4-19(2)9-3-8(12(13,14)15)18-10-16-7-17-20(9)10/h3,7,21-22H,4-6H2,1-2H3. The van der Waals surface area contributed by atoms with E-state index < -0.39 is 17.3 Å². The third-order valence-corrected chi connectivity index (χ3v) is 3.30. The first-order valence-electron chi connectivity index (χ1n) is 6.41. The van der Waals surface area contributed by atoms with Crippen LogP contribution < -0.4 is 4.90 Å². The van der Waals surface area contributed by atoms with Gasteiger partial charge in [0.05, 0.1) is 13.2 Å². The quantitative estimate of drug-likeness (QED) is 0.838. The topological polar surface area (TPSA) is 86.8 Å². The lowest BCUT2D eigenvalue weighted by Gasteiger charge is -2.31. The average Bonchev–Trinajstić information content (AvgIpc) is 2.93. The number of fused-ring (bicyclic) bond motifs is 1. The Kier molecular flexibility index (Phi) is 4.25. The summed E-state index contributed by atoms with van der Waals surface area (Å²) in [5, 5.41) is 22.5. The van der Waals surface area contributed by atoms with Crippen molar-refractivity contribution in [2.24, 2.45) is 5.41 Å². The van der Waals surface area contributed by atoms with E-state index in [-0.39, 0.29) is 31.4 Å². The normalized spacial score (nSPS) is 12.9. The van der Waals surface area contributed by atoms with E-state index in [1.807, 2.05) is 0 Å². The molecular formula is C12H16F3N5O2. The third kappa shape index (κ3) is 3.12. The molecule has 0 radical (unpaired) electrons. The fourth-order valence-electron chi connectivity index (χ4n) is 2.02. The first kappa shape index (κ1) is 16.4. The molecule has 0 aliphatic carbocycles. The number of rotatable bonds is 5. The van der Waals surface area contributed by atoms with Crippen molar-refractivity contribution in [3.63, 3.8) is 0 Å². The highest BCUT2D eigenvalue weighted by molar-refractivity contribution is 5.47. The monoisotopic (exact) mass is 319 g/mol. The lowest BCUT2D eigenvalue weighted by molar-refractivity contribution is -0.141. The summed E-state index contributed by atoms with van der Waals surface area (Å²) >= 11 is 0. The highest BCUT2D eigenvalue weighted by atomic mass is 19.4. The summed E-state index contributed by atoms with van der Waals surface area (Å²) in [6.45, 7) is 1.11. The lowest BCUT2D eigenvalue weighted by Crippen LogP contribution is -2.39. The first-order chi connectivity index (χ1) is 10.2. The van der Waals surface area contributed by atoms with E-state index in [0.29, 0.717) is 0 Å². The SMILES string of the molecule is CN(CC(C)(CO)CO)c1cc(C(F)(F)F)nc2ncnn12. The van der Waals surface area contributed by atoms with Crippen LogP contribution in [0.25, 0.3) is 5.78 Å². The molecule has 2 N–H and O–H groups in total.